The molecule has 0 aliphatic rings. The van der Waals surface area contributed by atoms with Crippen molar-refractivity contribution in [1.82, 2.24) is 5.32 Å². The van der Waals surface area contributed by atoms with Gasteiger partial charge in [0.05, 0.1) is 6.10 Å². The minimum atomic E-state index is 0.364. The lowest BCUT2D eigenvalue weighted by atomic mass is 9.96. The highest BCUT2D eigenvalue weighted by Crippen LogP contribution is 2.14. The third-order valence-corrected chi connectivity index (χ3v) is 2.90. The maximum Gasteiger partial charge on any atom is 0.0558 e. The highest BCUT2D eigenvalue weighted by Gasteiger charge is 2.14. The summed E-state index contributed by atoms with van der Waals surface area (Å²) in [5, 5.41) is 3.53. The first-order chi connectivity index (χ1) is 6.63. The Hall–Kier alpha value is -0.0800. The molecule has 0 aromatic carbocycles. The molecule has 0 heterocycles. The van der Waals surface area contributed by atoms with Gasteiger partial charge in [-0.25, -0.2) is 0 Å². The molecule has 0 fully saturated rings. The SMILES string of the molecule is CCNC(CC(C)CC)CC(C)OC. The molecular formula is C12H27NO. The smallest absolute Gasteiger partial charge is 0.0558 e. The van der Waals surface area contributed by atoms with Gasteiger partial charge >= 0.3 is 0 Å². The van der Waals surface area contributed by atoms with Crippen LogP contribution in [0.15, 0.2) is 0 Å². The fourth-order valence-electron chi connectivity index (χ4n) is 1.70. The zero-order valence-corrected chi connectivity index (χ0v) is 10.5. The van der Waals surface area contributed by atoms with Crippen molar-refractivity contribution < 1.29 is 4.74 Å². The van der Waals surface area contributed by atoms with Crippen LogP contribution in [0.5, 0.6) is 0 Å². The highest BCUT2D eigenvalue weighted by atomic mass is 16.5. The maximum absolute atomic E-state index is 5.30. The van der Waals surface area contributed by atoms with Crippen LogP contribution in [0.3, 0.4) is 0 Å². The number of methoxy groups -OCH3 is 1. The van der Waals surface area contributed by atoms with E-state index in [9.17, 15) is 0 Å². The van der Waals surface area contributed by atoms with E-state index in [0.717, 1.165) is 18.9 Å². The second-order valence-corrected chi connectivity index (χ2v) is 4.29. The Balaban J connectivity index is 3.88. The average Bonchev–Trinajstić information content (AvgIpc) is 2.17. The molecule has 0 aliphatic heterocycles. The van der Waals surface area contributed by atoms with Gasteiger partial charge in [-0.15, -0.1) is 0 Å². The normalized spacial score (nSPS) is 17.8. The van der Waals surface area contributed by atoms with Crippen molar-refractivity contribution >= 4 is 0 Å². The van der Waals surface area contributed by atoms with Gasteiger partial charge in [0.15, 0.2) is 0 Å². The van der Waals surface area contributed by atoms with Gasteiger partial charge in [0.1, 0.15) is 0 Å². The second-order valence-electron chi connectivity index (χ2n) is 4.29. The number of rotatable bonds is 8. The first-order valence-electron chi connectivity index (χ1n) is 5.90. The third kappa shape index (κ3) is 6.39. The molecule has 14 heavy (non-hydrogen) atoms. The molecule has 86 valence electrons. The Morgan fingerprint density at radius 1 is 1.14 bits per heavy atom. The molecule has 3 unspecified atom stereocenters. The Kier molecular flexibility index (Phi) is 8.20. The van der Waals surface area contributed by atoms with Crippen LogP contribution >= 0.6 is 0 Å². The van der Waals surface area contributed by atoms with Gasteiger partial charge < -0.3 is 10.1 Å². The molecule has 1 N–H and O–H groups in total. The van der Waals surface area contributed by atoms with Gasteiger partial charge in [0.25, 0.3) is 0 Å². The predicted molar refractivity (Wildman–Crippen MR) is 62.6 cm³/mol. The molecule has 0 saturated heterocycles. The summed E-state index contributed by atoms with van der Waals surface area (Å²) in [5.41, 5.74) is 0. The van der Waals surface area contributed by atoms with E-state index in [-0.39, 0.29) is 0 Å². The molecule has 2 heteroatoms. The maximum atomic E-state index is 5.30. The second kappa shape index (κ2) is 8.25. The fraction of sp³-hybridized carbons (Fsp3) is 1.00. The van der Waals surface area contributed by atoms with Crippen LogP contribution in [0.1, 0.15) is 47.0 Å². The summed E-state index contributed by atoms with van der Waals surface area (Å²) in [6, 6.07) is 0.616. The molecule has 0 bridgehead atoms. The van der Waals surface area contributed by atoms with Gasteiger partial charge in [-0.3, -0.25) is 0 Å². The predicted octanol–water partition coefficient (Wildman–Crippen LogP) is 2.83. The summed E-state index contributed by atoms with van der Waals surface area (Å²) >= 11 is 0. The van der Waals surface area contributed by atoms with E-state index in [4.69, 9.17) is 4.74 Å². The molecule has 0 spiro atoms. The minimum absolute atomic E-state index is 0.364. The molecule has 0 saturated carbocycles. The summed E-state index contributed by atoms with van der Waals surface area (Å²) in [6.07, 6.45) is 4.01. The summed E-state index contributed by atoms with van der Waals surface area (Å²) < 4.78 is 5.30. The topological polar surface area (TPSA) is 21.3 Å². The lowest BCUT2D eigenvalue weighted by Gasteiger charge is -2.23. The number of hydrogen-bond acceptors (Lipinski definition) is 2. The standard InChI is InChI=1S/C12H27NO/c1-6-10(3)8-12(13-7-2)9-11(4)14-5/h10-13H,6-9H2,1-5H3. The van der Waals surface area contributed by atoms with Crippen LogP contribution in [-0.4, -0.2) is 25.8 Å². The summed E-state index contributed by atoms with van der Waals surface area (Å²) in [6.45, 7) is 9.94. The molecule has 0 aromatic heterocycles. The molecule has 3 atom stereocenters. The molecule has 0 amide bonds. The molecule has 0 aromatic rings. The van der Waals surface area contributed by atoms with Crippen molar-refractivity contribution in [3.05, 3.63) is 0 Å². The average molecular weight is 201 g/mol. The molecule has 2 nitrogen and oxygen atoms in total. The van der Waals surface area contributed by atoms with E-state index in [1.807, 2.05) is 0 Å². The van der Waals surface area contributed by atoms with Crippen LogP contribution in [0, 0.1) is 5.92 Å². The van der Waals surface area contributed by atoms with Crippen LogP contribution < -0.4 is 5.32 Å². The number of nitrogens with one attached hydrogen (secondary N) is 1. The lowest BCUT2D eigenvalue weighted by Crippen LogP contribution is -2.33. The quantitative estimate of drug-likeness (QED) is 0.652. The van der Waals surface area contributed by atoms with Crippen molar-refractivity contribution in [1.29, 1.82) is 0 Å². The zero-order chi connectivity index (χ0) is 11.0. The van der Waals surface area contributed by atoms with Crippen LogP contribution in [-0.2, 0) is 4.74 Å². The summed E-state index contributed by atoms with van der Waals surface area (Å²) in [4.78, 5) is 0. The first kappa shape index (κ1) is 13.9. The van der Waals surface area contributed by atoms with E-state index in [2.05, 4.69) is 33.0 Å². The van der Waals surface area contributed by atoms with Crippen molar-refractivity contribution in [3.8, 4) is 0 Å². The van der Waals surface area contributed by atoms with Crippen LogP contribution in [0.25, 0.3) is 0 Å². The van der Waals surface area contributed by atoms with Crippen molar-refractivity contribution in [2.75, 3.05) is 13.7 Å². The van der Waals surface area contributed by atoms with Crippen molar-refractivity contribution in [3.63, 3.8) is 0 Å². The summed E-state index contributed by atoms with van der Waals surface area (Å²) in [5.74, 6) is 0.808. The van der Waals surface area contributed by atoms with Crippen LogP contribution in [0.2, 0.25) is 0 Å². The van der Waals surface area contributed by atoms with Crippen molar-refractivity contribution in [2.45, 2.75) is 59.1 Å². The number of hydrogen-bond donors (Lipinski definition) is 1. The minimum Gasteiger partial charge on any atom is -0.382 e. The van der Waals surface area contributed by atoms with Gasteiger partial charge in [-0.2, -0.15) is 0 Å². The largest absolute Gasteiger partial charge is 0.382 e. The Labute approximate surface area is 89.4 Å². The monoisotopic (exact) mass is 201 g/mol. The van der Waals surface area contributed by atoms with E-state index in [1.165, 1.54) is 12.8 Å². The van der Waals surface area contributed by atoms with Gasteiger partial charge in [-0.1, -0.05) is 27.2 Å². The van der Waals surface area contributed by atoms with Gasteiger partial charge in [0.2, 0.25) is 0 Å². The fourth-order valence-corrected chi connectivity index (χ4v) is 1.70. The molecular weight excluding hydrogens is 174 g/mol. The third-order valence-electron chi connectivity index (χ3n) is 2.90. The highest BCUT2D eigenvalue weighted by molar-refractivity contribution is 4.71. The Morgan fingerprint density at radius 3 is 2.21 bits per heavy atom. The summed E-state index contributed by atoms with van der Waals surface area (Å²) in [7, 11) is 1.79. The molecule has 0 rings (SSSR count). The number of ether oxygens (including phenoxy) is 1. The molecule has 0 aliphatic carbocycles. The van der Waals surface area contributed by atoms with Crippen LogP contribution in [0.4, 0.5) is 0 Å². The van der Waals surface area contributed by atoms with E-state index in [0.29, 0.717) is 12.1 Å². The van der Waals surface area contributed by atoms with Gasteiger partial charge in [0, 0.05) is 13.2 Å². The lowest BCUT2D eigenvalue weighted by molar-refractivity contribution is 0.0974. The van der Waals surface area contributed by atoms with E-state index < -0.39 is 0 Å². The zero-order valence-electron chi connectivity index (χ0n) is 10.5. The Morgan fingerprint density at radius 2 is 1.79 bits per heavy atom. The van der Waals surface area contributed by atoms with E-state index >= 15 is 0 Å². The van der Waals surface area contributed by atoms with Crippen molar-refractivity contribution in [2.24, 2.45) is 5.92 Å². The Bertz CT molecular complexity index is 115. The van der Waals surface area contributed by atoms with Gasteiger partial charge in [-0.05, 0) is 32.2 Å². The first-order valence-corrected chi connectivity index (χ1v) is 5.90. The molecule has 0 radical (unpaired) electrons. The van der Waals surface area contributed by atoms with E-state index in [1.54, 1.807) is 7.11 Å².